The Balaban J connectivity index is 1.55. The third-order valence-corrected chi connectivity index (χ3v) is 6.04. The van der Waals surface area contributed by atoms with Gasteiger partial charge in [0.15, 0.2) is 0 Å². The van der Waals surface area contributed by atoms with Crippen molar-refractivity contribution >= 4 is 34.6 Å². The van der Waals surface area contributed by atoms with E-state index in [0.717, 1.165) is 29.1 Å². The molecule has 2 amide bonds. The van der Waals surface area contributed by atoms with Crippen LogP contribution in [-0.2, 0) is 9.59 Å². The molecule has 1 aromatic carbocycles. The number of benzene rings is 1. The van der Waals surface area contributed by atoms with E-state index in [1.807, 2.05) is 36.1 Å². The molecule has 1 fully saturated rings. The number of aryl methyl sites for hydroxylation is 1. The first-order chi connectivity index (χ1) is 13.4. The average Bonchev–Trinajstić information content (AvgIpc) is 3.18. The van der Waals surface area contributed by atoms with Crippen LogP contribution in [0.2, 0.25) is 0 Å². The van der Waals surface area contributed by atoms with Gasteiger partial charge in [-0.2, -0.15) is 0 Å². The van der Waals surface area contributed by atoms with Crippen molar-refractivity contribution in [3.05, 3.63) is 45.9 Å². The van der Waals surface area contributed by atoms with Crippen LogP contribution in [0.15, 0.2) is 29.6 Å². The first-order valence-electron chi connectivity index (χ1n) is 9.53. The number of rotatable bonds is 6. The quantitative estimate of drug-likeness (QED) is 0.802. The summed E-state index contributed by atoms with van der Waals surface area (Å²) in [5, 5.41) is 5.66. The Morgan fingerprint density at radius 1 is 1.18 bits per heavy atom. The van der Waals surface area contributed by atoms with Gasteiger partial charge >= 0.3 is 0 Å². The van der Waals surface area contributed by atoms with Crippen molar-refractivity contribution in [1.82, 2.24) is 9.88 Å². The van der Waals surface area contributed by atoms with Crippen molar-refractivity contribution in [2.75, 3.05) is 18.4 Å². The molecule has 1 N–H and O–H groups in total. The van der Waals surface area contributed by atoms with E-state index in [1.165, 1.54) is 18.3 Å². The van der Waals surface area contributed by atoms with Crippen LogP contribution in [0.1, 0.15) is 59.6 Å². The Kier molecular flexibility index (Phi) is 6.57. The molecule has 28 heavy (non-hydrogen) atoms. The molecule has 0 atom stereocenters. The fourth-order valence-electron chi connectivity index (χ4n) is 3.30. The minimum absolute atomic E-state index is 0.0440. The Labute approximate surface area is 169 Å². The molecule has 6 nitrogen and oxygen atoms in total. The number of nitrogens with one attached hydrogen (secondary N) is 1. The average molecular weight is 400 g/mol. The van der Waals surface area contributed by atoms with Gasteiger partial charge in [0.2, 0.25) is 5.91 Å². The zero-order valence-corrected chi connectivity index (χ0v) is 17.1. The van der Waals surface area contributed by atoms with E-state index >= 15 is 0 Å². The van der Waals surface area contributed by atoms with E-state index < -0.39 is 0 Å². The number of likely N-dealkylation sites (tertiary alicyclic amines) is 1. The molecule has 1 saturated heterocycles. The van der Waals surface area contributed by atoms with Gasteiger partial charge in [0.05, 0.1) is 5.01 Å². The van der Waals surface area contributed by atoms with Gasteiger partial charge in [-0.05, 0) is 38.3 Å². The molecule has 2 heterocycles. The lowest BCUT2D eigenvalue weighted by Crippen LogP contribution is -2.38. The van der Waals surface area contributed by atoms with E-state index in [0.29, 0.717) is 31.6 Å². The van der Waals surface area contributed by atoms with Crippen LogP contribution in [0.3, 0.4) is 0 Å². The SMILES string of the molecule is CC(=O)CCC(=O)N1CCC(c2nc(C(=O)Nc3ccccc3C)cs2)CC1. The first kappa shape index (κ1) is 20.2. The van der Waals surface area contributed by atoms with Crippen molar-refractivity contribution in [2.24, 2.45) is 0 Å². The summed E-state index contributed by atoms with van der Waals surface area (Å²) < 4.78 is 0. The summed E-state index contributed by atoms with van der Waals surface area (Å²) in [7, 11) is 0. The number of piperidine rings is 1. The van der Waals surface area contributed by atoms with Crippen LogP contribution in [0.5, 0.6) is 0 Å². The molecule has 0 unspecified atom stereocenters. The van der Waals surface area contributed by atoms with Gasteiger partial charge in [0.1, 0.15) is 11.5 Å². The van der Waals surface area contributed by atoms with Gasteiger partial charge in [-0.15, -0.1) is 11.3 Å². The summed E-state index contributed by atoms with van der Waals surface area (Å²) in [6.07, 6.45) is 2.27. The van der Waals surface area contributed by atoms with E-state index in [1.54, 1.807) is 5.38 Å². The Morgan fingerprint density at radius 2 is 1.89 bits per heavy atom. The highest BCUT2D eigenvalue weighted by Gasteiger charge is 2.26. The maximum absolute atomic E-state index is 12.5. The smallest absolute Gasteiger partial charge is 0.275 e. The zero-order valence-electron chi connectivity index (χ0n) is 16.2. The monoisotopic (exact) mass is 399 g/mol. The molecule has 0 spiro atoms. The number of hydrogen-bond acceptors (Lipinski definition) is 5. The number of nitrogens with zero attached hydrogens (tertiary/aromatic N) is 2. The lowest BCUT2D eigenvalue weighted by atomic mass is 9.97. The van der Waals surface area contributed by atoms with Gasteiger partial charge < -0.3 is 15.0 Å². The minimum atomic E-state index is -0.200. The van der Waals surface area contributed by atoms with Crippen LogP contribution in [0.4, 0.5) is 5.69 Å². The molecule has 0 radical (unpaired) electrons. The number of anilines is 1. The third-order valence-electron chi connectivity index (χ3n) is 5.04. The largest absolute Gasteiger partial charge is 0.343 e. The van der Waals surface area contributed by atoms with Crippen LogP contribution in [0, 0.1) is 6.92 Å². The lowest BCUT2D eigenvalue weighted by molar-refractivity contribution is -0.133. The van der Waals surface area contributed by atoms with Crippen molar-refractivity contribution in [3.63, 3.8) is 0 Å². The Morgan fingerprint density at radius 3 is 2.57 bits per heavy atom. The number of para-hydroxylation sites is 1. The van der Waals surface area contributed by atoms with Gasteiger partial charge in [0, 0.05) is 42.9 Å². The molecule has 0 bridgehead atoms. The molecule has 3 rings (SSSR count). The summed E-state index contributed by atoms with van der Waals surface area (Å²) in [6.45, 7) is 4.81. The molecular formula is C21H25N3O3S. The van der Waals surface area contributed by atoms with Crippen LogP contribution >= 0.6 is 11.3 Å². The molecular weight excluding hydrogens is 374 g/mol. The molecule has 1 aliphatic rings. The fourth-order valence-corrected chi connectivity index (χ4v) is 4.27. The molecule has 0 saturated carbocycles. The number of thiazole rings is 1. The topological polar surface area (TPSA) is 79.4 Å². The summed E-state index contributed by atoms with van der Waals surface area (Å²) >= 11 is 1.50. The molecule has 7 heteroatoms. The Bertz CT molecular complexity index is 869. The third kappa shape index (κ3) is 5.04. The van der Waals surface area contributed by atoms with Crippen molar-refractivity contribution < 1.29 is 14.4 Å². The van der Waals surface area contributed by atoms with Crippen molar-refractivity contribution in [2.45, 2.75) is 45.4 Å². The number of carbonyl (C=O) groups is 3. The van der Waals surface area contributed by atoms with Gasteiger partial charge in [0.25, 0.3) is 5.91 Å². The van der Waals surface area contributed by atoms with Crippen LogP contribution in [0.25, 0.3) is 0 Å². The maximum atomic E-state index is 12.5. The summed E-state index contributed by atoms with van der Waals surface area (Å²) in [4.78, 5) is 42.1. The number of hydrogen-bond donors (Lipinski definition) is 1. The second-order valence-corrected chi connectivity index (χ2v) is 8.09. The van der Waals surface area contributed by atoms with E-state index in [2.05, 4.69) is 10.3 Å². The minimum Gasteiger partial charge on any atom is -0.343 e. The molecule has 148 valence electrons. The van der Waals surface area contributed by atoms with E-state index in [4.69, 9.17) is 0 Å². The maximum Gasteiger partial charge on any atom is 0.275 e. The number of aromatic nitrogens is 1. The number of ketones is 1. The number of amides is 2. The highest BCUT2D eigenvalue weighted by Crippen LogP contribution is 2.31. The van der Waals surface area contributed by atoms with Gasteiger partial charge in [-0.3, -0.25) is 9.59 Å². The van der Waals surface area contributed by atoms with Crippen molar-refractivity contribution in [3.8, 4) is 0 Å². The fraction of sp³-hybridized carbons (Fsp3) is 0.429. The standard InChI is InChI=1S/C21H25N3O3S/c1-14-5-3-4-6-17(14)22-20(27)18-13-28-21(23-18)16-9-11-24(12-10-16)19(26)8-7-15(2)25/h3-6,13,16H,7-12H2,1-2H3,(H,22,27). The highest BCUT2D eigenvalue weighted by atomic mass is 32.1. The van der Waals surface area contributed by atoms with Gasteiger partial charge in [-0.25, -0.2) is 4.98 Å². The van der Waals surface area contributed by atoms with E-state index in [9.17, 15) is 14.4 Å². The summed E-state index contributed by atoms with van der Waals surface area (Å²) in [5.41, 5.74) is 2.23. The predicted octanol–water partition coefficient (Wildman–Crippen LogP) is 3.78. The van der Waals surface area contributed by atoms with E-state index in [-0.39, 0.29) is 23.5 Å². The molecule has 1 aliphatic heterocycles. The number of Topliss-reactive ketones (excluding diaryl/α,β-unsaturated/α-hetero) is 1. The second-order valence-electron chi connectivity index (χ2n) is 7.20. The number of carbonyl (C=O) groups excluding carboxylic acids is 3. The normalized spacial score (nSPS) is 14.7. The molecule has 0 aliphatic carbocycles. The predicted molar refractivity (Wildman–Crippen MR) is 110 cm³/mol. The first-order valence-corrected chi connectivity index (χ1v) is 10.4. The Hall–Kier alpha value is -2.54. The second kappa shape index (κ2) is 9.10. The van der Waals surface area contributed by atoms with Crippen LogP contribution in [-0.4, -0.2) is 40.6 Å². The van der Waals surface area contributed by atoms with Crippen molar-refractivity contribution in [1.29, 1.82) is 0 Å². The lowest BCUT2D eigenvalue weighted by Gasteiger charge is -2.31. The zero-order chi connectivity index (χ0) is 20.1. The highest BCUT2D eigenvalue weighted by molar-refractivity contribution is 7.10. The van der Waals surface area contributed by atoms with Gasteiger partial charge in [-0.1, -0.05) is 18.2 Å². The summed E-state index contributed by atoms with van der Waals surface area (Å²) in [6, 6.07) is 7.65. The summed E-state index contributed by atoms with van der Waals surface area (Å²) in [5.74, 6) is 0.157. The molecule has 2 aromatic rings. The van der Waals surface area contributed by atoms with Crippen LogP contribution < -0.4 is 5.32 Å². The molecule has 1 aromatic heterocycles.